The van der Waals surface area contributed by atoms with Gasteiger partial charge in [0.15, 0.2) is 0 Å². The Balaban J connectivity index is 2.38. The predicted octanol–water partition coefficient (Wildman–Crippen LogP) is 3.06. The van der Waals surface area contributed by atoms with Gasteiger partial charge in [-0.05, 0) is 33.6 Å². The maximum absolute atomic E-state index is 12.0. The van der Waals surface area contributed by atoms with E-state index in [1.54, 1.807) is 0 Å². The maximum atomic E-state index is 12.0. The summed E-state index contributed by atoms with van der Waals surface area (Å²) in [5.74, 6) is 0.0156. The molecule has 0 fully saturated rings. The van der Waals surface area contributed by atoms with Crippen LogP contribution in [0.4, 0.5) is 0 Å². The summed E-state index contributed by atoms with van der Waals surface area (Å²) >= 11 is 3.27. The number of pyridine rings is 1. The molecule has 0 aliphatic heterocycles. The van der Waals surface area contributed by atoms with Gasteiger partial charge in [0.25, 0.3) is 0 Å². The van der Waals surface area contributed by atoms with Gasteiger partial charge in [-0.3, -0.25) is 4.79 Å². The molecular formula is C12H6BrNO. The summed E-state index contributed by atoms with van der Waals surface area (Å²) in [6.07, 6.45) is 0. The predicted molar refractivity (Wildman–Crippen MR) is 60.8 cm³/mol. The van der Waals surface area contributed by atoms with E-state index in [-0.39, 0.29) is 5.78 Å². The van der Waals surface area contributed by atoms with Crippen LogP contribution in [0.1, 0.15) is 16.1 Å². The molecular weight excluding hydrogens is 254 g/mol. The summed E-state index contributed by atoms with van der Waals surface area (Å²) in [6.45, 7) is 0. The summed E-state index contributed by atoms with van der Waals surface area (Å²) in [4.78, 5) is 16.2. The van der Waals surface area contributed by atoms with Crippen molar-refractivity contribution in [2.24, 2.45) is 0 Å². The minimum Gasteiger partial charge on any atom is -0.287 e. The van der Waals surface area contributed by atoms with E-state index in [9.17, 15) is 4.79 Å². The third-order valence-electron chi connectivity index (χ3n) is 2.54. The number of aromatic nitrogens is 1. The van der Waals surface area contributed by atoms with E-state index >= 15 is 0 Å². The molecule has 1 aromatic heterocycles. The lowest BCUT2D eigenvalue weighted by molar-refractivity contribution is 0.103. The molecule has 15 heavy (non-hydrogen) atoms. The molecule has 0 bridgehead atoms. The van der Waals surface area contributed by atoms with Crippen molar-refractivity contribution < 1.29 is 4.79 Å². The Morgan fingerprint density at radius 3 is 2.47 bits per heavy atom. The molecule has 0 saturated carbocycles. The van der Waals surface area contributed by atoms with Gasteiger partial charge in [0.05, 0.1) is 0 Å². The van der Waals surface area contributed by atoms with Gasteiger partial charge < -0.3 is 0 Å². The maximum Gasteiger partial charge on any atom is 0.212 e. The first-order valence-electron chi connectivity index (χ1n) is 4.58. The monoisotopic (exact) mass is 259 g/mol. The molecule has 0 atom stereocenters. The molecule has 1 aliphatic carbocycles. The van der Waals surface area contributed by atoms with Gasteiger partial charge in [-0.15, -0.1) is 0 Å². The van der Waals surface area contributed by atoms with Crippen LogP contribution >= 0.6 is 15.9 Å². The second kappa shape index (κ2) is 3.00. The van der Waals surface area contributed by atoms with Crippen molar-refractivity contribution in [1.82, 2.24) is 4.98 Å². The normalized spacial score (nSPS) is 12.5. The van der Waals surface area contributed by atoms with Crippen LogP contribution in [-0.4, -0.2) is 10.8 Å². The van der Waals surface area contributed by atoms with E-state index in [2.05, 4.69) is 20.9 Å². The second-order valence-electron chi connectivity index (χ2n) is 3.40. The molecule has 0 unspecified atom stereocenters. The minimum atomic E-state index is 0.0156. The molecule has 2 nitrogen and oxygen atoms in total. The number of fused-ring (bicyclic) bond motifs is 3. The van der Waals surface area contributed by atoms with Crippen LogP contribution in [0.2, 0.25) is 0 Å². The Morgan fingerprint density at radius 1 is 0.933 bits per heavy atom. The number of rotatable bonds is 0. The Bertz CT molecular complexity index is 578. The van der Waals surface area contributed by atoms with Crippen molar-refractivity contribution in [2.75, 3.05) is 0 Å². The molecule has 0 spiro atoms. The van der Waals surface area contributed by atoms with Gasteiger partial charge in [-0.1, -0.05) is 24.3 Å². The number of ketones is 1. The number of hydrogen-bond donors (Lipinski definition) is 0. The molecule has 2 aromatic rings. The number of hydrogen-bond acceptors (Lipinski definition) is 2. The fraction of sp³-hybridized carbons (Fsp3) is 0. The summed E-state index contributed by atoms with van der Waals surface area (Å²) in [6, 6.07) is 11.4. The number of carbonyl (C=O) groups excluding carboxylic acids is 1. The highest BCUT2D eigenvalue weighted by Gasteiger charge is 2.27. The van der Waals surface area contributed by atoms with Crippen LogP contribution < -0.4 is 0 Å². The van der Waals surface area contributed by atoms with Crippen molar-refractivity contribution in [3.05, 3.63) is 52.3 Å². The van der Waals surface area contributed by atoms with Crippen molar-refractivity contribution in [2.45, 2.75) is 0 Å². The molecule has 1 aliphatic rings. The van der Waals surface area contributed by atoms with Crippen LogP contribution in [0.5, 0.6) is 0 Å². The molecule has 1 heterocycles. The zero-order valence-corrected chi connectivity index (χ0v) is 9.28. The van der Waals surface area contributed by atoms with E-state index < -0.39 is 0 Å². The van der Waals surface area contributed by atoms with E-state index in [0.717, 1.165) is 16.7 Å². The van der Waals surface area contributed by atoms with Crippen LogP contribution in [0, 0.1) is 0 Å². The minimum absolute atomic E-state index is 0.0156. The largest absolute Gasteiger partial charge is 0.287 e. The van der Waals surface area contributed by atoms with E-state index in [4.69, 9.17) is 0 Å². The number of nitrogens with zero attached hydrogens (tertiary/aromatic N) is 1. The Hall–Kier alpha value is -1.48. The van der Waals surface area contributed by atoms with Crippen LogP contribution in [0.3, 0.4) is 0 Å². The average Bonchev–Trinajstić information content (AvgIpc) is 2.54. The van der Waals surface area contributed by atoms with E-state index in [1.165, 1.54) is 0 Å². The smallest absolute Gasteiger partial charge is 0.212 e. The van der Waals surface area contributed by atoms with Gasteiger partial charge in [0, 0.05) is 11.1 Å². The lowest BCUT2D eigenvalue weighted by Crippen LogP contribution is -1.97. The van der Waals surface area contributed by atoms with E-state index in [1.807, 2.05) is 36.4 Å². The Morgan fingerprint density at radius 2 is 1.67 bits per heavy atom. The highest BCUT2D eigenvalue weighted by molar-refractivity contribution is 9.10. The zero-order valence-electron chi connectivity index (χ0n) is 7.70. The third kappa shape index (κ3) is 1.16. The summed E-state index contributed by atoms with van der Waals surface area (Å²) in [5, 5.41) is 0. The zero-order chi connectivity index (χ0) is 10.4. The molecule has 0 N–H and O–H groups in total. The highest BCUT2D eigenvalue weighted by atomic mass is 79.9. The summed E-state index contributed by atoms with van der Waals surface area (Å²) in [5.41, 5.74) is 3.21. The first kappa shape index (κ1) is 8.80. The lowest BCUT2D eigenvalue weighted by Gasteiger charge is -1.97. The average molecular weight is 260 g/mol. The lowest BCUT2D eigenvalue weighted by atomic mass is 10.1. The van der Waals surface area contributed by atoms with Gasteiger partial charge in [0.1, 0.15) is 10.3 Å². The number of halogens is 1. The Kier molecular flexibility index (Phi) is 1.76. The fourth-order valence-electron chi connectivity index (χ4n) is 1.87. The summed E-state index contributed by atoms with van der Waals surface area (Å²) in [7, 11) is 0. The van der Waals surface area contributed by atoms with Gasteiger partial charge in [-0.25, -0.2) is 4.98 Å². The fourth-order valence-corrected chi connectivity index (χ4v) is 2.18. The first-order chi connectivity index (χ1) is 7.27. The van der Waals surface area contributed by atoms with Gasteiger partial charge in [-0.2, -0.15) is 0 Å². The van der Waals surface area contributed by atoms with Crippen molar-refractivity contribution >= 4 is 21.7 Å². The molecule has 1 aromatic carbocycles. The quantitative estimate of drug-likeness (QED) is 0.581. The molecule has 3 heteroatoms. The number of carbonyl (C=O) groups is 1. The molecule has 0 amide bonds. The van der Waals surface area contributed by atoms with Crippen LogP contribution in [-0.2, 0) is 0 Å². The molecule has 0 radical (unpaired) electrons. The van der Waals surface area contributed by atoms with Crippen molar-refractivity contribution in [3.63, 3.8) is 0 Å². The van der Waals surface area contributed by atoms with Crippen LogP contribution in [0.15, 0.2) is 41.0 Å². The van der Waals surface area contributed by atoms with Gasteiger partial charge >= 0.3 is 0 Å². The second-order valence-corrected chi connectivity index (χ2v) is 4.22. The van der Waals surface area contributed by atoms with E-state index in [0.29, 0.717) is 10.3 Å². The van der Waals surface area contributed by atoms with Gasteiger partial charge in [0.2, 0.25) is 5.78 Å². The SMILES string of the molecule is O=C1c2ccccc2-c2ccc(Br)nc21. The first-order valence-corrected chi connectivity index (χ1v) is 5.37. The topological polar surface area (TPSA) is 30.0 Å². The molecule has 3 rings (SSSR count). The standard InChI is InChI=1S/C12H6BrNO/c13-10-6-5-8-7-3-1-2-4-9(7)12(15)11(8)14-10/h1-6H. The van der Waals surface area contributed by atoms with Crippen LogP contribution in [0.25, 0.3) is 11.1 Å². The Labute approximate surface area is 95.1 Å². The number of benzene rings is 1. The summed E-state index contributed by atoms with van der Waals surface area (Å²) < 4.78 is 0.697. The van der Waals surface area contributed by atoms with Crippen molar-refractivity contribution in [1.29, 1.82) is 0 Å². The third-order valence-corrected chi connectivity index (χ3v) is 2.98. The van der Waals surface area contributed by atoms with Crippen molar-refractivity contribution in [3.8, 4) is 11.1 Å². The molecule has 72 valence electrons. The highest BCUT2D eigenvalue weighted by Crippen LogP contribution is 2.35. The molecule has 0 saturated heterocycles.